The predicted molar refractivity (Wildman–Crippen MR) is 149 cm³/mol. The number of aromatic nitrogens is 4. The minimum absolute atomic E-state index is 0.176. The maximum Gasteiger partial charge on any atom is 0.416 e. The van der Waals surface area contributed by atoms with Crippen LogP contribution >= 0.6 is 0 Å². The number of anilines is 1. The summed E-state index contributed by atoms with van der Waals surface area (Å²) < 4.78 is 58.4. The van der Waals surface area contributed by atoms with E-state index in [0.717, 1.165) is 43.7 Å². The van der Waals surface area contributed by atoms with Crippen LogP contribution in [0.25, 0.3) is 27.8 Å². The molecule has 1 aliphatic rings. The summed E-state index contributed by atoms with van der Waals surface area (Å²) in [5.74, 6) is 0.364. The van der Waals surface area contributed by atoms with Gasteiger partial charge in [0.15, 0.2) is 6.29 Å². The first-order valence-electron chi connectivity index (χ1n) is 13.6. The van der Waals surface area contributed by atoms with Gasteiger partial charge in [-0.3, -0.25) is 14.5 Å². The number of ether oxygens (including phenoxy) is 3. The Morgan fingerprint density at radius 3 is 2.76 bits per heavy atom. The number of amides is 1. The van der Waals surface area contributed by atoms with Crippen LogP contribution in [0.4, 0.5) is 19.1 Å². The summed E-state index contributed by atoms with van der Waals surface area (Å²) in [4.78, 5) is 24.9. The van der Waals surface area contributed by atoms with Gasteiger partial charge in [-0.15, -0.1) is 0 Å². The van der Waals surface area contributed by atoms with Crippen molar-refractivity contribution < 1.29 is 32.2 Å². The van der Waals surface area contributed by atoms with Crippen molar-refractivity contribution in [1.29, 1.82) is 0 Å². The zero-order valence-electron chi connectivity index (χ0n) is 22.7. The van der Waals surface area contributed by atoms with Crippen LogP contribution < -0.4 is 10.1 Å². The molecule has 1 atom stereocenters. The van der Waals surface area contributed by atoms with Crippen LogP contribution in [0.15, 0.2) is 60.8 Å². The Morgan fingerprint density at radius 1 is 1.10 bits per heavy atom. The van der Waals surface area contributed by atoms with Gasteiger partial charge in [0.1, 0.15) is 23.7 Å². The molecule has 0 aliphatic carbocycles. The molecule has 2 aromatic carbocycles. The summed E-state index contributed by atoms with van der Waals surface area (Å²) in [5.41, 5.74) is 2.90. The number of imidazole rings is 2. The summed E-state index contributed by atoms with van der Waals surface area (Å²) in [7, 11) is 0. The highest BCUT2D eigenvalue weighted by Crippen LogP contribution is 2.33. The number of nitrogens with zero attached hydrogens (tertiary/aromatic N) is 3. The SMILES string of the molecule is Cc1c(OCCOC2CCCCO2)ccc2nc(C(=O)Nc3nc4cc(-c5cccc(C(F)(F)F)c5)ccc4[nH]3)cn12. The molecule has 218 valence electrons. The number of aromatic amines is 1. The number of pyridine rings is 1. The van der Waals surface area contributed by atoms with Crippen molar-refractivity contribution in [2.75, 3.05) is 25.1 Å². The first kappa shape index (κ1) is 27.7. The molecule has 1 amide bonds. The molecule has 1 aliphatic heterocycles. The Morgan fingerprint density at radius 2 is 1.95 bits per heavy atom. The molecule has 9 nitrogen and oxygen atoms in total. The molecular weight excluding hydrogens is 551 g/mol. The molecule has 4 heterocycles. The Labute approximate surface area is 238 Å². The lowest BCUT2D eigenvalue weighted by molar-refractivity contribution is -0.165. The predicted octanol–water partition coefficient (Wildman–Crippen LogP) is 6.38. The van der Waals surface area contributed by atoms with Crippen LogP contribution in [0.5, 0.6) is 5.75 Å². The van der Waals surface area contributed by atoms with E-state index in [1.165, 1.54) is 6.07 Å². The Balaban J connectivity index is 1.13. The van der Waals surface area contributed by atoms with Gasteiger partial charge in [0.25, 0.3) is 5.91 Å². The first-order chi connectivity index (χ1) is 20.2. The Hall–Kier alpha value is -4.42. The third-order valence-electron chi connectivity index (χ3n) is 7.09. The highest BCUT2D eigenvalue weighted by Gasteiger charge is 2.30. The Bertz CT molecular complexity index is 1740. The summed E-state index contributed by atoms with van der Waals surface area (Å²) >= 11 is 0. The molecular formula is C30H28F3N5O4. The molecule has 0 radical (unpaired) electrons. The number of fused-ring (bicyclic) bond motifs is 2. The van der Waals surface area contributed by atoms with Crippen molar-refractivity contribution in [3.63, 3.8) is 0 Å². The molecule has 0 saturated carbocycles. The average Bonchev–Trinajstić information content (AvgIpc) is 3.60. The lowest BCUT2D eigenvalue weighted by Crippen LogP contribution is -2.24. The highest BCUT2D eigenvalue weighted by atomic mass is 19.4. The largest absolute Gasteiger partial charge is 0.489 e. The molecule has 42 heavy (non-hydrogen) atoms. The fourth-order valence-corrected chi connectivity index (χ4v) is 4.90. The lowest BCUT2D eigenvalue weighted by Gasteiger charge is -2.22. The summed E-state index contributed by atoms with van der Waals surface area (Å²) in [6, 6.07) is 13.7. The number of benzene rings is 2. The van der Waals surface area contributed by atoms with Gasteiger partial charge in [-0.2, -0.15) is 13.2 Å². The van der Waals surface area contributed by atoms with Gasteiger partial charge in [-0.25, -0.2) is 9.97 Å². The van der Waals surface area contributed by atoms with Gasteiger partial charge in [0.05, 0.1) is 28.9 Å². The second-order valence-corrected chi connectivity index (χ2v) is 10.0. The van der Waals surface area contributed by atoms with Gasteiger partial charge >= 0.3 is 6.18 Å². The minimum atomic E-state index is -4.44. The second kappa shape index (κ2) is 11.5. The molecule has 1 fully saturated rings. The van der Waals surface area contributed by atoms with E-state index in [-0.39, 0.29) is 17.9 Å². The molecule has 1 unspecified atom stereocenters. The van der Waals surface area contributed by atoms with E-state index in [4.69, 9.17) is 14.2 Å². The molecule has 3 aromatic heterocycles. The number of hydrogen-bond donors (Lipinski definition) is 2. The minimum Gasteiger partial charge on any atom is -0.489 e. The van der Waals surface area contributed by atoms with E-state index in [1.54, 1.807) is 47.0 Å². The van der Waals surface area contributed by atoms with Crippen LogP contribution in [0.3, 0.4) is 0 Å². The second-order valence-electron chi connectivity index (χ2n) is 10.0. The number of nitrogens with one attached hydrogen (secondary N) is 2. The summed E-state index contributed by atoms with van der Waals surface area (Å²) in [6.45, 7) is 3.35. The zero-order chi connectivity index (χ0) is 29.3. The van der Waals surface area contributed by atoms with Gasteiger partial charge in [0.2, 0.25) is 5.95 Å². The molecule has 5 aromatic rings. The first-order valence-corrected chi connectivity index (χ1v) is 13.6. The molecule has 12 heteroatoms. The van der Waals surface area contributed by atoms with E-state index in [2.05, 4.69) is 20.3 Å². The van der Waals surface area contributed by atoms with Gasteiger partial charge < -0.3 is 19.2 Å². The zero-order valence-corrected chi connectivity index (χ0v) is 22.7. The fourth-order valence-electron chi connectivity index (χ4n) is 4.90. The number of carbonyl (C=O) groups is 1. The van der Waals surface area contributed by atoms with Crippen molar-refractivity contribution in [2.24, 2.45) is 0 Å². The molecule has 0 bridgehead atoms. The molecule has 0 spiro atoms. The van der Waals surface area contributed by atoms with E-state index in [1.807, 2.05) is 6.92 Å². The maximum absolute atomic E-state index is 13.2. The van der Waals surface area contributed by atoms with Crippen molar-refractivity contribution in [3.8, 4) is 16.9 Å². The number of aryl methyl sites for hydroxylation is 1. The van der Waals surface area contributed by atoms with Crippen molar-refractivity contribution in [1.82, 2.24) is 19.4 Å². The van der Waals surface area contributed by atoms with Gasteiger partial charge in [-0.05, 0) is 73.7 Å². The highest BCUT2D eigenvalue weighted by molar-refractivity contribution is 6.03. The third-order valence-corrected chi connectivity index (χ3v) is 7.09. The van der Waals surface area contributed by atoms with E-state index >= 15 is 0 Å². The summed E-state index contributed by atoms with van der Waals surface area (Å²) in [6.07, 6.45) is 0.0517. The lowest BCUT2D eigenvalue weighted by atomic mass is 10.0. The monoisotopic (exact) mass is 579 g/mol. The quantitative estimate of drug-likeness (QED) is 0.207. The van der Waals surface area contributed by atoms with Crippen LogP contribution in [0.2, 0.25) is 0 Å². The number of rotatable bonds is 8. The van der Waals surface area contributed by atoms with Crippen molar-refractivity contribution >= 4 is 28.5 Å². The van der Waals surface area contributed by atoms with Gasteiger partial charge in [-0.1, -0.05) is 18.2 Å². The van der Waals surface area contributed by atoms with Gasteiger partial charge in [0, 0.05) is 12.8 Å². The number of halogens is 3. The van der Waals surface area contributed by atoms with Crippen LogP contribution in [-0.2, 0) is 15.7 Å². The standard InChI is InChI=1S/C30H28F3N5O4/c1-18-25(40-13-14-42-27-7-2-3-12-41-27)10-11-26-34-24(17-38(18)26)28(39)37-29-35-22-9-8-20(16-23(22)36-29)19-5-4-6-21(15-19)30(31,32)33/h4-6,8-11,15-17,27H,2-3,7,12-14H2,1H3,(H2,35,36,37,39). The number of alkyl halides is 3. The van der Waals surface area contributed by atoms with E-state index in [0.29, 0.717) is 46.8 Å². The van der Waals surface area contributed by atoms with Crippen LogP contribution in [0, 0.1) is 6.92 Å². The van der Waals surface area contributed by atoms with E-state index < -0.39 is 17.6 Å². The summed E-state index contributed by atoms with van der Waals surface area (Å²) in [5, 5.41) is 2.71. The average molecular weight is 580 g/mol. The number of carbonyl (C=O) groups excluding carboxylic acids is 1. The fraction of sp³-hybridized carbons (Fsp3) is 0.300. The van der Waals surface area contributed by atoms with E-state index in [9.17, 15) is 18.0 Å². The van der Waals surface area contributed by atoms with Crippen molar-refractivity contribution in [3.05, 3.63) is 77.7 Å². The topological polar surface area (TPSA) is 103 Å². The van der Waals surface area contributed by atoms with Crippen LogP contribution in [0.1, 0.15) is 41.0 Å². The molecule has 2 N–H and O–H groups in total. The molecule has 1 saturated heterocycles. The smallest absolute Gasteiger partial charge is 0.416 e. The Kier molecular flexibility index (Phi) is 7.56. The third kappa shape index (κ3) is 5.95. The number of hydrogen-bond acceptors (Lipinski definition) is 6. The van der Waals surface area contributed by atoms with Crippen molar-refractivity contribution in [2.45, 2.75) is 38.7 Å². The molecule has 6 rings (SSSR count). The normalized spacial score (nSPS) is 15.8. The van der Waals surface area contributed by atoms with Crippen LogP contribution in [-0.4, -0.2) is 51.4 Å². The number of H-pyrrole nitrogens is 1. The maximum atomic E-state index is 13.2.